The molecule has 2 aromatic heterocycles. The summed E-state index contributed by atoms with van der Waals surface area (Å²) in [6.07, 6.45) is 0. The molecular formula is C29H19BrCl2F2N7O4PS. The summed E-state index contributed by atoms with van der Waals surface area (Å²) < 4.78 is 46.3. The maximum atomic E-state index is 14.5. The molecule has 6 aromatic rings. The summed E-state index contributed by atoms with van der Waals surface area (Å²) in [5.74, 6) is 1.53. The monoisotopic (exact) mass is 779 g/mol. The van der Waals surface area contributed by atoms with Gasteiger partial charge in [-0.05, 0) is 59.3 Å². The van der Waals surface area contributed by atoms with E-state index in [4.69, 9.17) is 27.9 Å². The Bertz CT molecular complexity index is 2120. The zero-order chi connectivity index (χ0) is 33.3. The van der Waals surface area contributed by atoms with Crippen molar-refractivity contribution in [3.63, 3.8) is 0 Å². The lowest BCUT2D eigenvalue weighted by Crippen LogP contribution is -2.18. The van der Waals surface area contributed by atoms with E-state index in [1.807, 2.05) is 30.3 Å². The smallest absolute Gasteiger partial charge is 0.399 e. The van der Waals surface area contributed by atoms with E-state index in [-0.39, 0.29) is 16.0 Å². The van der Waals surface area contributed by atoms with Gasteiger partial charge in [-0.15, -0.1) is 20.4 Å². The van der Waals surface area contributed by atoms with Gasteiger partial charge in [-0.1, -0.05) is 86.9 Å². The average Bonchev–Trinajstić information content (AvgIpc) is 3.75. The Morgan fingerprint density at radius 3 is 2.30 bits per heavy atom. The molecule has 0 saturated heterocycles. The summed E-state index contributed by atoms with van der Waals surface area (Å²) >= 11 is 16.8. The molecule has 11 nitrogen and oxygen atoms in total. The summed E-state index contributed by atoms with van der Waals surface area (Å²) in [4.78, 5) is 20.2. The highest BCUT2D eigenvalue weighted by Crippen LogP contribution is 2.60. The van der Waals surface area contributed by atoms with E-state index in [0.717, 1.165) is 17.2 Å². The van der Waals surface area contributed by atoms with Gasteiger partial charge in [0.15, 0.2) is 0 Å². The third kappa shape index (κ3) is 7.21. The summed E-state index contributed by atoms with van der Waals surface area (Å²) in [5, 5.41) is 24.4. The number of aromatic nitrogens is 6. The maximum Gasteiger partial charge on any atom is 0.399 e. The first-order valence-electron chi connectivity index (χ1n) is 13.3. The number of aromatic amines is 1. The van der Waals surface area contributed by atoms with E-state index in [9.17, 15) is 23.1 Å². The number of H-pyrrole nitrogens is 1. The second kappa shape index (κ2) is 13.4. The van der Waals surface area contributed by atoms with Crippen LogP contribution in [0.4, 0.5) is 19.6 Å². The number of alkyl halides is 2. The number of benzene rings is 4. The summed E-state index contributed by atoms with van der Waals surface area (Å²) in [6.45, 7) is 0.104. The number of anilines is 2. The lowest BCUT2D eigenvalue weighted by atomic mass is 10.1. The van der Waals surface area contributed by atoms with Crippen molar-refractivity contribution in [3.8, 4) is 33.5 Å². The van der Waals surface area contributed by atoms with Crippen molar-refractivity contribution in [2.45, 2.75) is 12.2 Å². The van der Waals surface area contributed by atoms with Crippen molar-refractivity contribution < 1.29 is 27.9 Å². The summed E-state index contributed by atoms with van der Waals surface area (Å²) in [6, 6.07) is 23.2. The van der Waals surface area contributed by atoms with Crippen molar-refractivity contribution in [1.29, 1.82) is 0 Å². The first-order valence-corrected chi connectivity index (χ1v) is 17.3. The Balaban J connectivity index is 1.29. The number of ether oxygens (including phenoxy) is 1. The predicted octanol–water partition coefficient (Wildman–Crippen LogP) is 8.81. The zero-order valence-corrected chi connectivity index (χ0v) is 28.2. The molecule has 0 saturated carbocycles. The van der Waals surface area contributed by atoms with Gasteiger partial charge >= 0.3 is 13.3 Å². The number of rotatable bonds is 10. The molecule has 0 unspecified atom stereocenters. The highest BCUT2D eigenvalue weighted by Gasteiger charge is 2.51. The summed E-state index contributed by atoms with van der Waals surface area (Å²) in [5.41, 5.74) is -2.67. The minimum absolute atomic E-state index is 0.104. The number of nitrogens with one attached hydrogen (secondary N) is 1. The van der Waals surface area contributed by atoms with Crippen molar-refractivity contribution in [2.75, 3.05) is 4.90 Å². The van der Waals surface area contributed by atoms with Gasteiger partial charge in [0.2, 0.25) is 11.0 Å². The number of hydrogen-bond acceptors (Lipinski definition) is 9. The van der Waals surface area contributed by atoms with Crippen molar-refractivity contribution >= 4 is 68.9 Å². The van der Waals surface area contributed by atoms with Gasteiger partial charge in [0.25, 0.3) is 0 Å². The molecule has 240 valence electrons. The Hall–Kier alpha value is -3.82. The summed E-state index contributed by atoms with van der Waals surface area (Å²) in [7, 11) is -5.76. The van der Waals surface area contributed by atoms with Crippen LogP contribution in [0.5, 0.6) is 11.5 Å². The number of tetrazole rings is 1. The van der Waals surface area contributed by atoms with Crippen molar-refractivity contribution in [3.05, 3.63) is 111 Å². The second-order valence-electron chi connectivity index (χ2n) is 9.87. The SMILES string of the molecule is O=P(O)(O)C(F)(F)c1ccc(CN(c2ccc(Cl)c(Cl)c2)c2nnc(-c3cccc(Oc4cccc(-c5nn[nH]n5)c4)c3)s2)cc1Br. The van der Waals surface area contributed by atoms with Gasteiger partial charge < -0.3 is 19.4 Å². The molecule has 0 spiro atoms. The number of hydrogen-bond donors (Lipinski definition) is 3. The normalized spacial score (nSPS) is 11.9. The molecule has 3 N–H and O–H groups in total. The van der Waals surface area contributed by atoms with Gasteiger partial charge in [-0.25, -0.2) is 0 Å². The second-order valence-corrected chi connectivity index (χ2v) is 14.1. The Morgan fingerprint density at radius 1 is 0.915 bits per heavy atom. The highest BCUT2D eigenvalue weighted by atomic mass is 79.9. The van der Waals surface area contributed by atoms with E-state index < -0.39 is 18.8 Å². The van der Waals surface area contributed by atoms with Crippen LogP contribution in [0, 0.1) is 0 Å². The van der Waals surface area contributed by atoms with E-state index >= 15 is 0 Å². The van der Waals surface area contributed by atoms with Crippen molar-refractivity contribution in [2.24, 2.45) is 0 Å². The fourth-order valence-corrected chi connectivity index (χ4v) is 6.91. The van der Waals surface area contributed by atoms with Gasteiger partial charge in [0, 0.05) is 26.9 Å². The minimum Gasteiger partial charge on any atom is -0.457 e. The maximum absolute atomic E-state index is 14.5. The average molecular weight is 781 g/mol. The highest BCUT2D eigenvalue weighted by molar-refractivity contribution is 9.10. The van der Waals surface area contributed by atoms with E-state index in [1.54, 1.807) is 41.3 Å². The molecule has 47 heavy (non-hydrogen) atoms. The molecular weight excluding hydrogens is 762 g/mol. The van der Waals surface area contributed by atoms with Gasteiger partial charge in [0.1, 0.15) is 16.5 Å². The molecule has 0 atom stereocenters. The van der Waals surface area contributed by atoms with Crippen LogP contribution >= 0.6 is 58.1 Å². The quantitative estimate of drug-likeness (QED) is 0.115. The van der Waals surface area contributed by atoms with Crippen LogP contribution in [0.3, 0.4) is 0 Å². The molecule has 0 aliphatic carbocycles. The van der Waals surface area contributed by atoms with Crippen LogP contribution < -0.4 is 9.64 Å². The minimum atomic E-state index is -5.76. The molecule has 0 amide bonds. The molecule has 0 radical (unpaired) electrons. The topological polar surface area (TPSA) is 150 Å². The van der Waals surface area contributed by atoms with Crippen LogP contribution in [0.1, 0.15) is 11.1 Å². The molecule has 4 aromatic carbocycles. The lowest BCUT2D eigenvalue weighted by molar-refractivity contribution is 0.0557. The molecule has 0 aliphatic heterocycles. The van der Waals surface area contributed by atoms with E-state index in [0.29, 0.717) is 43.7 Å². The van der Waals surface area contributed by atoms with Gasteiger partial charge in [0.05, 0.1) is 16.6 Å². The fraction of sp³-hybridized carbons (Fsp3) is 0.0690. The molecule has 2 heterocycles. The molecule has 0 aliphatic rings. The first kappa shape index (κ1) is 33.1. The first-order chi connectivity index (χ1) is 22.4. The molecule has 0 fully saturated rings. The van der Waals surface area contributed by atoms with E-state index in [2.05, 4.69) is 46.8 Å². The van der Waals surface area contributed by atoms with Crippen LogP contribution in [0.15, 0.2) is 89.4 Å². The fourth-order valence-electron chi connectivity index (χ4n) is 4.42. The van der Waals surface area contributed by atoms with Crippen LogP contribution in [-0.4, -0.2) is 40.6 Å². The zero-order valence-electron chi connectivity index (χ0n) is 23.4. The third-order valence-corrected chi connectivity index (χ3v) is 10.0. The Labute approximate surface area is 287 Å². The van der Waals surface area contributed by atoms with Crippen LogP contribution in [0.2, 0.25) is 10.0 Å². The Kier molecular flexibility index (Phi) is 9.40. The number of halogens is 5. The third-order valence-electron chi connectivity index (χ3n) is 6.68. The predicted molar refractivity (Wildman–Crippen MR) is 177 cm³/mol. The largest absolute Gasteiger partial charge is 0.457 e. The number of nitrogens with zero attached hydrogens (tertiary/aromatic N) is 6. The van der Waals surface area contributed by atoms with Gasteiger partial charge in [-0.2, -0.15) is 14.0 Å². The van der Waals surface area contributed by atoms with E-state index in [1.165, 1.54) is 23.5 Å². The Morgan fingerprint density at radius 2 is 1.64 bits per heavy atom. The molecule has 6 rings (SSSR count). The van der Waals surface area contributed by atoms with Crippen molar-refractivity contribution in [1.82, 2.24) is 30.8 Å². The lowest BCUT2D eigenvalue weighted by Gasteiger charge is -2.23. The van der Waals surface area contributed by atoms with Gasteiger partial charge in [-0.3, -0.25) is 4.57 Å². The molecule has 0 bridgehead atoms. The van der Waals surface area contributed by atoms with Crippen LogP contribution in [0.25, 0.3) is 22.0 Å². The standard InChI is InChI=1S/C29H19BrCl2F2N7O4PS/c30-23-11-16(7-9-22(23)29(33,34)46(42,43)44)15-41(19-8-10-24(31)25(32)14-19)28-38-37-27(47-28)18-4-2-6-21(13-18)45-20-5-1-3-17(12-20)26-35-39-40-36-26/h1-14H,15H2,(H2,42,43,44)(H,35,36,39,40). The van der Waals surface area contributed by atoms with Crippen LogP contribution in [-0.2, 0) is 16.8 Å². The molecule has 18 heteroatoms.